The zero-order chi connectivity index (χ0) is 22.1. The van der Waals surface area contributed by atoms with Gasteiger partial charge >= 0.3 is 0 Å². The van der Waals surface area contributed by atoms with Crippen molar-refractivity contribution in [2.24, 2.45) is 0 Å². The molecule has 3 aromatic rings. The van der Waals surface area contributed by atoms with Crippen LogP contribution in [0.4, 0.5) is 0 Å². The van der Waals surface area contributed by atoms with Crippen molar-refractivity contribution >= 4 is 16.7 Å². The molecular formula is C24H28N2O4S. The second-order valence-corrected chi connectivity index (χ2v) is 8.72. The van der Waals surface area contributed by atoms with Gasteiger partial charge in [0.1, 0.15) is 11.5 Å². The first kappa shape index (κ1) is 22.8. The summed E-state index contributed by atoms with van der Waals surface area (Å²) in [4.78, 5) is 15.2. The third-order valence-electron chi connectivity index (χ3n) is 4.78. The Balaban J connectivity index is 1.40. The molecule has 2 aromatic carbocycles. The van der Waals surface area contributed by atoms with Gasteiger partial charge in [-0.05, 0) is 62.0 Å². The predicted molar refractivity (Wildman–Crippen MR) is 122 cm³/mol. The van der Waals surface area contributed by atoms with Crippen molar-refractivity contribution in [1.29, 1.82) is 0 Å². The van der Waals surface area contributed by atoms with Crippen LogP contribution in [0.5, 0.6) is 5.75 Å². The summed E-state index contributed by atoms with van der Waals surface area (Å²) in [6, 6.07) is 20.7. The van der Waals surface area contributed by atoms with Crippen LogP contribution in [-0.4, -0.2) is 42.3 Å². The highest BCUT2D eigenvalue weighted by Crippen LogP contribution is 2.18. The Morgan fingerprint density at radius 3 is 2.52 bits per heavy atom. The molecule has 0 spiro atoms. The summed E-state index contributed by atoms with van der Waals surface area (Å²) >= 11 is 0. The molecule has 1 heterocycles. The second-order valence-electron chi connectivity index (χ2n) is 7.26. The van der Waals surface area contributed by atoms with Crippen LogP contribution < -0.4 is 10.1 Å². The molecule has 0 aliphatic heterocycles. The third kappa shape index (κ3) is 7.08. The van der Waals surface area contributed by atoms with Crippen molar-refractivity contribution in [2.45, 2.75) is 23.6 Å². The van der Waals surface area contributed by atoms with Crippen molar-refractivity contribution in [3.8, 4) is 5.75 Å². The van der Waals surface area contributed by atoms with Crippen LogP contribution >= 0.6 is 0 Å². The maximum Gasteiger partial charge on any atom is 0.286 e. The fraction of sp³-hybridized carbons (Fsp3) is 0.292. The lowest BCUT2D eigenvalue weighted by Gasteiger charge is -2.16. The molecule has 164 valence electrons. The molecule has 6 nitrogen and oxygen atoms in total. The number of rotatable bonds is 11. The van der Waals surface area contributed by atoms with Crippen molar-refractivity contribution in [3.63, 3.8) is 0 Å². The van der Waals surface area contributed by atoms with Gasteiger partial charge in [-0.15, -0.1) is 0 Å². The lowest BCUT2D eigenvalue weighted by atomic mass is 10.2. The van der Waals surface area contributed by atoms with Gasteiger partial charge in [-0.25, -0.2) is 0 Å². The molecule has 3 rings (SSSR count). The van der Waals surface area contributed by atoms with Gasteiger partial charge in [-0.2, -0.15) is 0 Å². The molecule has 0 aliphatic rings. The van der Waals surface area contributed by atoms with E-state index in [9.17, 15) is 9.00 Å². The van der Waals surface area contributed by atoms with Crippen molar-refractivity contribution in [2.75, 3.05) is 27.2 Å². The van der Waals surface area contributed by atoms with E-state index in [0.717, 1.165) is 19.5 Å². The average molecular weight is 441 g/mol. The van der Waals surface area contributed by atoms with Crippen LogP contribution in [0.1, 0.15) is 28.3 Å². The fourth-order valence-electron chi connectivity index (χ4n) is 3.13. The number of nitrogens with one attached hydrogen (secondary N) is 1. The summed E-state index contributed by atoms with van der Waals surface area (Å²) < 4.78 is 23.2. The van der Waals surface area contributed by atoms with E-state index < -0.39 is 10.8 Å². The van der Waals surface area contributed by atoms with Crippen molar-refractivity contribution < 1.29 is 18.2 Å². The number of carbonyl (C=O) groups is 1. The topological polar surface area (TPSA) is 71.8 Å². The number of amides is 1. The van der Waals surface area contributed by atoms with Gasteiger partial charge in [-0.3, -0.25) is 9.00 Å². The zero-order valence-corrected chi connectivity index (χ0v) is 18.7. The van der Waals surface area contributed by atoms with Gasteiger partial charge in [0.2, 0.25) is 0 Å². The number of carbonyl (C=O) groups excluding carboxylic acids is 1. The molecule has 0 saturated heterocycles. The minimum atomic E-state index is -1.26. The van der Waals surface area contributed by atoms with Crippen molar-refractivity contribution in [3.05, 3.63) is 83.8 Å². The predicted octanol–water partition coefficient (Wildman–Crippen LogP) is 3.85. The molecule has 1 amide bonds. The van der Waals surface area contributed by atoms with E-state index in [1.54, 1.807) is 43.5 Å². The largest absolute Gasteiger partial charge is 0.497 e. The number of ether oxygens (including phenoxy) is 1. The van der Waals surface area contributed by atoms with Gasteiger partial charge in [0.05, 0.1) is 23.7 Å². The molecule has 31 heavy (non-hydrogen) atoms. The maximum absolute atomic E-state index is 12.5. The van der Waals surface area contributed by atoms with Crippen LogP contribution in [0.15, 0.2) is 76.0 Å². The van der Waals surface area contributed by atoms with Crippen molar-refractivity contribution in [1.82, 2.24) is 10.2 Å². The highest BCUT2D eigenvalue weighted by molar-refractivity contribution is 7.84. The Morgan fingerprint density at radius 1 is 1.06 bits per heavy atom. The molecular weight excluding hydrogens is 412 g/mol. The molecule has 0 bridgehead atoms. The maximum atomic E-state index is 12.5. The van der Waals surface area contributed by atoms with Gasteiger partial charge in [-0.1, -0.05) is 30.3 Å². The first-order valence-corrected chi connectivity index (χ1v) is 11.5. The quantitative estimate of drug-likeness (QED) is 0.459. The van der Waals surface area contributed by atoms with E-state index >= 15 is 0 Å². The molecule has 0 aliphatic carbocycles. The van der Waals surface area contributed by atoms with E-state index in [1.165, 1.54) is 5.56 Å². The number of hydrogen-bond donors (Lipinski definition) is 1. The summed E-state index contributed by atoms with van der Waals surface area (Å²) in [5.74, 6) is 1.42. The molecule has 1 N–H and O–H groups in total. The van der Waals surface area contributed by atoms with E-state index in [-0.39, 0.29) is 17.4 Å². The van der Waals surface area contributed by atoms with Crippen LogP contribution in [0.25, 0.3) is 0 Å². The minimum absolute atomic E-state index is 0.212. The van der Waals surface area contributed by atoms with Gasteiger partial charge in [0.15, 0.2) is 5.76 Å². The van der Waals surface area contributed by atoms with E-state index in [2.05, 4.69) is 29.4 Å². The molecule has 7 heteroatoms. The van der Waals surface area contributed by atoms with Gasteiger partial charge < -0.3 is 19.4 Å². The highest BCUT2D eigenvalue weighted by atomic mass is 32.2. The van der Waals surface area contributed by atoms with Crippen LogP contribution in [0, 0.1) is 0 Å². The Bertz CT molecular complexity index is 986. The molecule has 0 radical (unpaired) electrons. The SMILES string of the molecule is COc1ccc([S@@](=O)Cc2ccc(C(=O)NCCCN(C)Cc3ccccc3)o2)cc1. The first-order valence-electron chi connectivity index (χ1n) is 10.2. The summed E-state index contributed by atoms with van der Waals surface area (Å²) in [6.07, 6.45) is 0.837. The number of furan rings is 1. The third-order valence-corrected chi connectivity index (χ3v) is 6.12. The van der Waals surface area contributed by atoms with Gasteiger partial charge in [0.25, 0.3) is 5.91 Å². The van der Waals surface area contributed by atoms with Crippen LogP contribution in [0.3, 0.4) is 0 Å². The second kappa shape index (κ2) is 11.5. The number of methoxy groups -OCH3 is 1. The Kier molecular flexibility index (Phi) is 8.44. The minimum Gasteiger partial charge on any atom is -0.497 e. The molecule has 0 fully saturated rings. The molecule has 0 saturated carbocycles. The average Bonchev–Trinajstić information content (AvgIpc) is 3.26. The fourth-order valence-corrected chi connectivity index (χ4v) is 4.15. The number of benzene rings is 2. The number of nitrogens with zero attached hydrogens (tertiary/aromatic N) is 1. The standard InChI is InChI=1S/C24H28N2O4S/c1-26(17-19-7-4-3-5-8-19)16-6-15-25-24(27)23-14-11-21(30-23)18-31(28)22-12-9-20(29-2)10-13-22/h3-5,7-14H,6,15-18H2,1-2H3,(H,25,27)/t31-/m0/s1. The van der Waals surface area contributed by atoms with Gasteiger partial charge in [0, 0.05) is 18.0 Å². The lowest BCUT2D eigenvalue weighted by molar-refractivity contribution is 0.0922. The zero-order valence-electron chi connectivity index (χ0n) is 17.9. The Hall–Kier alpha value is -2.90. The van der Waals surface area contributed by atoms with Crippen LogP contribution in [0.2, 0.25) is 0 Å². The molecule has 1 atom stereocenters. The number of hydrogen-bond acceptors (Lipinski definition) is 5. The summed E-state index contributed by atoms with van der Waals surface area (Å²) in [5, 5.41) is 2.88. The summed E-state index contributed by atoms with van der Waals surface area (Å²) in [7, 11) is 2.39. The summed E-state index contributed by atoms with van der Waals surface area (Å²) in [6.45, 7) is 2.31. The highest BCUT2D eigenvalue weighted by Gasteiger charge is 2.13. The summed E-state index contributed by atoms with van der Waals surface area (Å²) in [5.41, 5.74) is 1.27. The monoisotopic (exact) mass is 440 g/mol. The molecule has 1 aromatic heterocycles. The van der Waals surface area contributed by atoms with E-state index in [1.807, 2.05) is 18.2 Å². The normalized spacial score (nSPS) is 12.0. The van der Waals surface area contributed by atoms with E-state index in [0.29, 0.717) is 22.9 Å². The lowest BCUT2D eigenvalue weighted by Crippen LogP contribution is -2.27. The smallest absolute Gasteiger partial charge is 0.286 e. The van der Waals surface area contributed by atoms with Crippen LogP contribution in [-0.2, 0) is 23.1 Å². The van der Waals surface area contributed by atoms with E-state index in [4.69, 9.17) is 9.15 Å². The first-order chi connectivity index (χ1) is 15.0. The Labute approximate surface area is 185 Å². The Morgan fingerprint density at radius 2 is 1.81 bits per heavy atom. The molecule has 0 unspecified atom stereocenters.